The molecule has 1 amide bonds. The summed E-state index contributed by atoms with van der Waals surface area (Å²) in [4.78, 5) is 26.2. The second kappa shape index (κ2) is 7.73. The Morgan fingerprint density at radius 3 is 2.97 bits per heavy atom. The van der Waals surface area contributed by atoms with E-state index in [1.807, 2.05) is 12.1 Å². The van der Waals surface area contributed by atoms with E-state index in [2.05, 4.69) is 25.2 Å². The third-order valence-electron chi connectivity index (χ3n) is 5.58. The zero-order valence-corrected chi connectivity index (χ0v) is 15.8. The van der Waals surface area contributed by atoms with Crippen molar-refractivity contribution in [1.29, 1.82) is 5.41 Å². The van der Waals surface area contributed by atoms with E-state index < -0.39 is 12.1 Å². The lowest BCUT2D eigenvalue weighted by molar-refractivity contribution is -0.128. The van der Waals surface area contributed by atoms with E-state index in [9.17, 15) is 13.6 Å². The highest BCUT2D eigenvalue weighted by Crippen LogP contribution is 2.38. The molecule has 9 heteroatoms. The van der Waals surface area contributed by atoms with Crippen LogP contribution in [0, 0.1) is 10.8 Å². The molecule has 4 heterocycles. The Balaban J connectivity index is 1.52. The minimum absolute atomic E-state index is 0.137. The van der Waals surface area contributed by atoms with E-state index in [0.717, 1.165) is 55.5 Å². The lowest BCUT2D eigenvalue weighted by atomic mass is 9.78. The van der Waals surface area contributed by atoms with Gasteiger partial charge in [-0.15, -0.1) is 0 Å². The van der Waals surface area contributed by atoms with Crippen LogP contribution in [0.4, 0.5) is 14.6 Å². The molecule has 3 N–H and O–H groups in total. The van der Waals surface area contributed by atoms with E-state index in [0.29, 0.717) is 12.4 Å². The Hall–Kier alpha value is -3.10. The summed E-state index contributed by atoms with van der Waals surface area (Å²) in [7, 11) is 0. The van der Waals surface area contributed by atoms with Crippen LogP contribution >= 0.6 is 0 Å². The lowest BCUT2D eigenvalue weighted by Crippen LogP contribution is -2.47. The maximum atomic E-state index is 12.4. The number of hydrogen-bond donors (Lipinski definition) is 3. The Morgan fingerprint density at radius 2 is 2.21 bits per heavy atom. The van der Waals surface area contributed by atoms with Crippen molar-refractivity contribution < 1.29 is 13.6 Å². The summed E-state index contributed by atoms with van der Waals surface area (Å²) in [6.45, 7) is 2.23. The molecule has 4 rings (SSSR count). The first kappa shape index (κ1) is 19.2. The average Bonchev–Trinajstić information content (AvgIpc) is 3.34. The summed E-state index contributed by atoms with van der Waals surface area (Å²) in [6.07, 6.45) is 5.60. The molecule has 2 fully saturated rings. The number of alkyl halides is 2. The standard InChI is InChI=1S/C20H22F2N6O/c21-18(22)14(23)2-3-16-26-11-15(27-16)13-4-7-24-17(10-13)28-9-1-5-20(12-28)6-8-25-19(20)29/h2-4,7,10-11,18,23H,1,5-6,8-9,12H2,(H,25,29)(H,26,27)/b3-2-,23-14?. The quantitative estimate of drug-likeness (QED) is 0.672. The third-order valence-corrected chi connectivity index (χ3v) is 5.58. The second-order valence-corrected chi connectivity index (χ2v) is 7.49. The fourth-order valence-corrected chi connectivity index (χ4v) is 4.00. The minimum Gasteiger partial charge on any atom is -0.356 e. The fraction of sp³-hybridized carbons (Fsp3) is 0.400. The number of H-pyrrole nitrogens is 1. The highest BCUT2D eigenvalue weighted by molar-refractivity contribution is 5.97. The molecule has 0 saturated carbocycles. The molecule has 2 saturated heterocycles. The molecule has 2 aliphatic heterocycles. The zero-order valence-electron chi connectivity index (χ0n) is 15.8. The maximum absolute atomic E-state index is 12.4. The van der Waals surface area contributed by atoms with Crippen molar-refractivity contribution in [1.82, 2.24) is 20.3 Å². The van der Waals surface area contributed by atoms with E-state index in [1.54, 1.807) is 12.4 Å². The number of imidazole rings is 1. The van der Waals surface area contributed by atoms with Crippen LogP contribution in [0.1, 0.15) is 25.1 Å². The number of carbonyl (C=O) groups is 1. The number of nitrogens with zero attached hydrogens (tertiary/aromatic N) is 3. The van der Waals surface area contributed by atoms with Crippen molar-refractivity contribution in [3.63, 3.8) is 0 Å². The molecule has 0 aromatic carbocycles. The van der Waals surface area contributed by atoms with Gasteiger partial charge in [-0.05, 0) is 43.5 Å². The lowest BCUT2D eigenvalue weighted by Gasteiger charge is -2.39. The number of carbonyl (C=O) groups excluding carboxylic acids is 1. The van der Waals surface area contributed by atoms with E-state index in [4.69, 9.17) is 5.41 Å². The molecular formula is C20H22F2N6O. The van der Waals surface area contributed by atoms with Crippen molar-refractivity contribution in [2.45, 2.75) is 25.7 Å². The van der Waals surface area contributed by atoms with Gasteiger partial charge in [0.25, 0.3) is 6.43 Å². The van der Waals surface area contributed by atoms with Crippen molar-refractivity contribution in [2.75, 3.05) is 24.5 Å². The van der Waals surface area contributed by atoms with Gasteiger partial charge in [0.15, 0.2) is 0 Å². The molecule has 29 heavy (non-hydrogen) atoms. The van der Waals surface area contributed by atoms with E-state index in [1.165, 1.54) is 6.08 Å². The monoisotopic (exact) mass is 400 g/mol. The van der Waals surface area contributed by atoms with Crippen molar-refractivity contribution in [3.05, 3.63) is 36.4 Å². The Labute approximate surface area is 166 Å². The summed E-state index contributed by atoms with van der Waals surface area (Å²) < 4.78 is 24.8. The minimum atomic E-state index is -2.81. The summed E-state index contributed by atoms with van der Waals surface area (Å²) >= 11 is 0. The maximum Gasteiger partial charge on any atom is 0.279 e. The molecule has 7 nitrogen and oxygen atoms in total. The molecule has 0 aliphatic carbocycles. The van der Waals surface area contributed by atoms with Gasteiger partial charge in [0.1, 0.15) is 11.6 Å². The van der Waals surface area contributed by atoms with Crippen LogP contribution in [-0.2, 0) is 4.79 Å². The summed E-state index contributed by atoms with van der Waals surface area (Å²) in [5, 5.41) is 10.1. The molecule has 0 radical (unpaired) electrons. The SMILES string of the molecule is N=C(/C=C\c1ncc(-c2ccnc(N3CCCC4(CCNC4=O)C3)c2)[nH]1)C(F)F. The number of hydrogen-bond acceptors (Lipinski definition) is 5. The van der Waals surface area contributed by atoms with Gasteiger partial charge in [-0.25, -0.2) is 18.7 Å². The number of halogens is 2. The zero-order chi connectivity index (χ0) is 20.4. The molecule has 1 unspecified atom stereocenters. The topological polar surface area (TPSA) is 97.8 Å². The van der Waals surface area contributed by atoms with Crippen LogP contribution in [0.2, 0.25) is 0 Å². The number of aromatic amines is 1. The first-order valence-electron chi connectivity index (χ1n) is 9.56. The van der Waals surface area contributed by atoms with Crippen molar-refractivity contribution in [3.8, 4) is 11.3 Å². The first-order chi connectivity index (χ1) is 14.0. The predicted molar refractivity (Wildman–Crippen MR) is 106 cm³/mol. The van der Waals surface area contributed by atoms with Crippen LogP contribution in [0.15, 0.2) is 30.6 Å². The highest BCUT2D eigenvalue weighted by Gasteiger charge is 2.45. The third kappa shape index (κ3) is 3.90. The predicted octanol–water partition coefficient (Wildman–Crippen LogP) is 2.88. The number of nitrogens with one attached hydrogen (secondary N) is 3. The van der Waals surface area contributed by atoms with Crippen LogP contribution < -0.4 is 10.2 Å². The second-order valence-electron chi connectivity index (χ2n) is 7.49. The van der Waals surface area contributed by atoms with E-state index >= 15 is 0 Å². The van der Waals surface area contributed by atoms with Gasteiger partial charge in [0.05, 0.1) is 23.0 Å². The van der Waals surface area contributed by atoms with Gasteiger partial charge in [-0.2, -0.15) is 0 Å². The molecule has 2 aliphatic rings. The Kier molecular flexibility index (Phi) is 5.12. The van der Waals surface area contributed by atoms with Gasteiger partial charge >= 0.3 is 0 Å². The molecule has 152 valence electrons. The average molecular weight is 400 g/mol. The first-order valence-corrected chi connectivity index (χ1v) is 9.56. The number of pyridine rings is 1. The number of aromatic nitrogens is 3. The van der Waals surface area contributed by atoms with Crippen LogP contribution in [0.3, 0.4) is 0 Å². The van der Waals surface area contributed by atoms with Crippen molar-refractivity contribution in [2.24, 2.45) is 5.41 Å². The van der Waals surface area contributed by atoms with Gasteiger partial charge in [-0.1, -0.05) is 0 Å². The molecule has 1 spiro atoms. The summed E-state index contributed by atoms with van der Waals surface area (Å²) in [5.74, 6) is 1.33. The van der Waals surface area contributed by atoms with Crippen LogP contribution in [0.5, 0.6) is 0 Å². The molecule has 0 bridgehead atoms. The number of rotatable bonds is 5. The number of piperidine rings is 1. The van der Waals surface area contributed by atoms with Gasteiger partial charge in [-0.3, -0.25) is 10.2 Å². The Bertz CT molecular complexity index is 956. The van der Waals surface area contributed by atoms with Crippen LogP contribution in [-0.4, -0.2) is 52.6 Å². The van der Waals surface area contributed by atoms with Crippen LogP contribution in [0.25, 0.3) is 17.3 Å². The molecule has 1 atom stereocenters. The molecular weight excluding hydrogens is 378 g/mol. The summed E-state index contributed by atoms with van der Waals surface area (Å²) in [6, 6.07) is 3.78. The highest BCUT2D eigenvalue weighted by atomic mass is 19.3. The van der Waals surface area contributed by atoms with Crippen molar-refractivity contribution >= 4 is 23.5 Å². The van der Waals surface area contributed by atoms with Gasteiger partial charge in [0.2, 0.25) is 5.91 Å². The van der Waals surface area contributed by atoms with E-state index in [-0.39, 0.29) is 11.3 Å². The molecule has 2 aromatic rings. The summed E-state index contributed by atoms with van der Waals surface area (Å²) in [5.41, 5.74) is 0.504. The smallest absolute Gasteiger partial charge is 0.279 e. The molecule has 2 aromatic heterocycles. The van der Waals surface area contributed by atoms with Gasteiger partial charge < -0.3 is 15.2 Å². The number of amides is 1. The number of allylic oxidation sites excluding steroid dienone is 1. The number of anilines is 1. The fourth-order valence-electron chi connectivity index (χ4n) is 4.00. The largest absolute Gasteiger partial charge is 0.356 e. The Morgan fingerprint density at radius 1 is 1.34 bits per heavy atom. The van der Waals surface area contributed by atoms with Gasteiger partial charge in [0, 0.05) is 31.4 Å². The normalized spacial score (nSPS) is 22.0.